The molecule has 0 aliphatic carbocycles. The predicted molar refractivity (Wildman–Crippen MR) is 65.4 cm³/mol. The fourth-order valence-corrected chi connectivity index (χ4v) is 1.75. The standard InChI is InChI=1S/C13H11N3O2/c17-9-10-3-1-2-4-12(10)18-13-11-5-6-15-16(11)8-7-14-13/h1-8,17H,9H2. The second-order valence-electron chi connectivity index (χ2n) is 3.76. The Hall–Kier alpha value is -2.40. The minimum absolute atomic E-state index is 0.0709. The average molecular weight is 241 g/mol. The van der Waals surface area contributed by atoms with Crippen molar-refractivity contribution in [1.82, 2.24) is 14.6 Å². The normalized spacial score (nSPS) is 10.7. The summed E-state index contributed by atoms with van der Waals surface area (Å²) in [6.07, 6.45) is 5.05. The Kier molecular flexibility index (Phi) is 2.66. The van der Waals surface area contributed by atoms with Crippen molar-refractivity contribution < 1.29 is 9.84 Å². The number of ether oxygens (including phenoxy) is 1. The maximum atomic E-state index is 9.25. The summed E-state index contributed by atoms with van der Waals surface area (Å²) >= 11 is 0. The molecule has 0 radical (unpaired) electrons. The zero-order valence-electron chi connectivity index (χ0n) is 9.52. The second kappa shape index (κ2) is 4.46. The molecule has 3 rings (SSSR count). The highest BCUT2D eigenvalue weighted by Crippen LogP contribution is 2.26. The Balaban J connectivity index is 2.04. The van der Waals surface area contributed by atoms with Gasteiger partial charge in [0.15, 0.2) is 0 Å². The summed E-state index contributed by atoms with van der Waals surface area (Å²) < 4.78 is 7.42. The Morgan fingerprint density at radius 3 is 2.94 bits per heavy atom. The van der Waals surface area contributed by atoms with E-state index in [9.17, 15) is 5.11 Å². The van der Waals surface area contributed by atoms with Gasteiger partial charge in [-0.15, -0.1) is 0 Å². The topological polar surface area (TPSA) is 59.7 Å². The molecule has 2 heterocycles. The second-order valence-corrected chi connectivity index (χ2v) is 3.76. The highest BCUT2D eigenvalue weighted by Gasteiger charge is 2.08. The molecule has 0 fully saturated rings. The van der Waals surface area contributed by atoms with Crippen LogP contribution in [-0.2, 0) is 6.61 Å². The molecule has 18 heavy (non-hydrogen) atoms. The number of aliphatic hydroxyl groups excluding tert-OH is 1. The minimum atomic E-state index is -0.0709. The van der Waals surface area contributed by atoms with E-state index in [0.29, 0.717) is 11.6 Å². The van der Waals surface area contributed by atoms with Gasteiger partial charge in [0, 0.05) is 18.0 Å². The van der Waals surface area contributed by atoms with Crippen molar-refractivity contribution in [2.24, 2.45) is 0 Å². The average Bonchev–Trinajstić information content (AvgIpc) is 2.89. The lowest BCUT2D eigenvalue weighted by Crippen LogP contribution is -1.96. The van der Waals surface area contributed by atoms with Crippen LogP contribution in [0, 0.1) is 0 Å². The maximum Gasteiger partial charge on any atom is 0.245 e. The van der Waals surface area contributed by atoms with Crippen molar-refractivity contribution in [2.75, 3.05) is 0 Å². The largest absolute Gasteiger partial charge is 0.437 e. The number of hydrogen-bond acceptors (Lipinski definition) is 4. The third-order valence-corrected chi connectivity index (χ3v) is 2.64. The molecule has 0 spiro atoms. The van der Waals surface area contributed by atoms with E-state index in [-0.39, 0.29) is 6.61 Å². The number of hydrogen-bond donors (Lipinski definition) is 1. The van der Waals surface area contributed by atoms with E-state index in [1.165, 1.54) is 0 Å². The minimum Gasteiger partial charge on any atom is -0.437 e. The van der Waals surface area contributed by atoms with Crippen molar-refractivity contribution in [3.63, 3.8) is 0 Å². The lowest BCUT2D eigenvalue weighted by atomic mass is 10.2. The molecule has 0 unspecified atom stereocenters. The molecule has 1 N–H and O–H groups in total. The summed E-state index contributed by atoms with van der Waals surface area (Å²) in [4.78, 5) is 4.19. The van der Waals surface area contributed by atoms with Gasteiger partial charge < -0.3 is 9.84 Å². The molecule has 0 saturated heterocycles. The Labute approximate surface area is 103 Å². The fourth-order valence-electron chi connectivity index (χ4n) is 1.75. The molecular formula is C13H11N3O2. The van der Waals surface area contributed by atoms with E-state index >= 15 is 0 Å². The summed E-state index contributed by atoms with van der Waals surface area (Å²) in [5.41, 5.74) is 1.51. The van der Waals surface area contributed by atoms with Crippen molar-refractivity contribution >= 4 is 5.52 Å². The highest BCUT2D eigenvalue weighted by atomic mass is 16.5. The zero-order chi connectivity index (χ0) is 12.4. The number of aromatic nitrogens is 3. The van der Waals surface area contributed by atoms with Crippen LogP contribution in [0.2, 0.25) is 0 Å². The third-order valence-electron chi connectivity index (χ3n) is 2.64. The van der Waals surface area contributed by atoms with E-state index in [0.717, 1.165) is 11.1 Å². The Morgan fingerprint density at radius 2 is 2.06 bits per heavy atom. The van der Waals surface area contributed by atoms with Gasteiger partial charge >= 0.3 is 0 Å². The van der Waals surface area contributed by atoms with Crippen molar-refractivity contribution in [3.8, 4) is 11.6 Å². The van der Waals surface area contributed by atoms with Gasteiger partial charge in [0.2, 0.25) is 5.88 Å². The van der Waals surface area contributed by atoms with Gasteiger partial charge in [-0.3, -0.25) is 0 Å². The first-order valence-corrected chi connectivity index (χ1v) is 5.53. The molecule has 0 atom stereocenters. The molecule has 0 amide bonds. The summed E-state index contributed by atoms with van der Waals surface area (Å²) in [5, 5.41) is 13.4. The van der Waals surface area contributed by atoms with Gasteiger partial charge in [0.25, 0.3) is 0 Å². The molecule has 0 saturated carbocycles. The smallest absolute Gasteiger partial charge is 0.245 e. The Bertz CT molecular complexity index is 679. The molecule has 5 heteroatoms. The monoisotopic (exact) mass is 241 g/mol. The summed E-state index contributed by atoms with van der Waals surface area (Å²) in [5.74, 6) is 1.07. The van der Waals surface area contributed by atoms with Crippen LogP contribution in [0.3, 0.4) is 0 Å². The first-order valence-electron chi connectivity index (χ1n) is 5.53. The molecule has 90 valence electrons. The number of para-hydroxylation sites is 1. The quantitative estimate of drug-likeness (QED) is 0.762. The van der Waals surface area contributed by atoms with Crippen LogP contribution < -0.4 is 4.74 Å². The maximum absolute atomic E-state index is 9.25. The van der Waals surface area contributed by atoms with E-state index in [1.54, 1.807) is 29.2 Å². The van der Waals surface area contributed by atoms with Crippen LogP contribution in [-0.4, -0.2) is 19.7 Å². The van der Waals surface area contributed by atoms with Gasteiger partial charge in [-0.05, 0) is 12.1 Å². The summed E-state index contributed by atoms with van der Waals surface area (Å²) in [7, 11) is 0. The first kappa shape index (κ1) is 10.7. The molecule has 0 bridgehead atoms. The van der Waals surface area contributed by atoms with Crippen molar-refractivity contribution in [1.29, 1.82) is 0 Å². The lowest BCUT2D eigenvalue weighted by molar-refractivity contribution is 0.276. The van der Waals surface area contributed by atoms with Crippen LogP contribution >= 0.6 is 0 Å². The van der Waals surface area contributed by atoms with Gasteiger partial charge in [0.1, 0.15) is 11.3 Å². The van der Waals surface area contributed by atoms with Crippen LogP contribution in [0.4, 0.5) is 0 Å². The molecule has 3 aromatic rings. The van der Waals surface area contributed by atoms with Crippen molar-refractivity contribution in [2.45, 2.75) is 6.61 Å². The molecule has 5 nitrogen and oxygen atoms in total. The first-order chi connectivity index (χ1) is 8.88. The number of rotatable bonds is 3. The Morgan fingerprint density at radius 1 is 1.17 bits per heavy atom. The molecule has 2 aromatic heterocycles. The summed E-state index contributed by atoms with van der Waals surface area (Å²) in [6, 6.07) is 9.14. The summed E-state index contributed by atoms with van der Waals surface area (Å²) in [6.45, 7) is -0.0709. The van der Waals surface area contributed by atoms with E-state index < -0.39 is 0 Å². The van der Waals surface area contributed by atoms with Gasteiger partial charge in [-0.25, -0.2) is 9.50 Å². The van der Waals surface area contributed by atoms with Crippen molar-refractivity contribution in [3.05, 3.63) is 54.5 Å². The van der Waals surface area contributed by atoms with Gasteiger partial charge in [-0.2, -0.15) is 5.10 Å². The number of nitrogens with zero attached hydrogens (tertiary/aromatic N) is 3. The molecular weight excluding hydrogens is 230 g/mol. The van der Waals surface area contributed by atoms with Crippen LogP contribution in [0.25, 0.3) is 5.52 Å². The highest BCUT2D eigenvalue weighted by molar-refractivity contribution is 5.56. The molecule has 0 aliphatic rings. The van der Waals surface area contributed by atoms with E-state index in [2.05, 4.69) is 10.1 Å². The van der Waals surface area contributed by atoms with Crippen LogP contribution in [0.15, 0.2) is 48.9 Å². The van der Waals surface area contributed by atoms with Gasteiger partial charge in [-0.1, -0.05) is 18.2 Å². The van der Waals surface area contributed by atoms with Crippen LogP contribution in [0.1, 0.15) is 5.56 Å². The number of benzene rings is 1. The predicted octanol–water partition coefficient (Wildman–Crippen LogP) is 2.01. The van der Waals surface area contributed by atoms with Gasteiger partial charge in [0.05, 0.1) is 12.8 Å². The number of fused-ring (bicyclic) bond motifs is 1. The van der Waals surface area contributed by atoms with Crippen LogP contribution in [0.5, 0.6) is 11.6 Å². The van der Waals surface area contributed by atoms with E-state index in [1.807, 2.05) is 24.3 Å². The van der Waals surface area contributed by atoms with E-state index in [4.69, 9.17) is 4.74 Å². The molecule has 1 aromatic carbocycles. The lowest BCUT2D eigenvalue weighted by Gasteiger charge is -2.09. The zero-order valence-corrected chi connectivity index (χ0v) is 9.52. The molecule has 0 aliphatic heterocycles. The fraction of sp³-hybridized carbons (Fsp3) is 0.0769. The third kappa shape index (κ3) is 1.80. The number of aliphatic hydroxyl groups is 1. The SMILES string of the molecule is OCc1ccccc1Oc1nccn2nccc12.